The summed E-state index contributed by atoms with van der Waals surface area (Å²) in [5, 5.41) is 19.3. The van der Waals surface area contributed by atoms with Gasteiger partial charge in [0.15, 0.2) is 9.84 Å². The molecule has 0 spiro atoms. The van der Waals surface area contributed by atoms with Crippen molar-refractivity contribution < 1.29 is 23.2 Å². The lowest BCUT2D eigenvalue weighted by molar-refractivity contribution is -0.385. The van der Waals surface area contributed by atoms with Crippen molar-refractivity contribution in [1.82, 2.24) is 0 Å². The summed E-state index contributed by atoms with van der Waals surface area (Å²) in [7, 11) is -3.21. The number of rotatable bonds is 7. The second kappa shape index (κ2) is 6.67. The maximum Gasteiger partial charge on any atom is 0.270 e. The second-order valence-electron chi connectivity index (χ2n) is 4.47. The van der Waals surface area contributed by atoms with Crippen molar-refractivity contribution in [1.29, 1.82) is 0 Å². The minimum Gasteiger partial charge on any atom is -0.492 e. The molecule has 0 bridgehead atoms. The molecule has 1 N–H and O–H groups in total. The fourth-order valence-corrected chi connectivity index (χ4v) is 2.23. The highest BCUT2D eigenvalue weighted by Crippen LogP contribution is 2.24. The third kappa shape index (κ3) is 4.17. The van der Waals surface area contributed by atoms with Crippen molar-refractivity contribution in [2.24, 2.45) is 0 Å². The van der Waals surface area contributed by atoms with E-state index in [9.17, 15) is 18.5 Å². The molecule has 0 saturated carbocycles. The number of nitrogens with zero attached hydrogens (tertiary/aromatic N) is 1. The topological polar surface area (TPSA) is 107 Å². The average molecular weight is 303 g/mol. The molecule has 0 aliphatic heterocycles. The second-order valence-corrected chi connectivity index (χ2v) is 7.15. The zero-order valence-electron chi connectivity index (χ0n) is 11.3. The lowest BCUT2D eigenvalue weighted by atomic mass is 10.2. The Morgan fingerprint density at radius 3 is 2.55 bits per heavy atom. The molecule has 0 amide bonds. The van der Waals surface area contributed by atoms with Crippen LogP contribution in [0.2, 0.25) is 0 Å². The van der Waals surface area contributed by atoms with Gasteiger partial charge in [-0.3, -0.25) is 10.1 Å². The Bertz CT molecular complexity index is 582. The summed E-state index contributed by atoms with van der Waals surface area (Å²) in [6.07, 6.45) is 0. The number of aliphatic hydroxyl groups excluding tert-OH is 1. The Hall–Kier alpha value is -1.67. The van der Waals surface area contributed by atoms with E-state index in [1.165, 1.54) is 18.2 Å². The van der Waals surface area contributed by atoms with Gasteiger partial charge < -0.3 is 9.84 Å². The molecule has 0 heterocycles. The van der Waals surface area contributed by atoms with Crippen molar-refractivity contribution >= 4 is 15.5 Å². The predicted molar refractivity (Wildman–Crippen MR) is 73.4 cm³/mol. The Balaban J connectivity index is 2.76. The molecule has 0 aromatic heterocycles. The van der Waals surface area contributed by atoms with E-state index in [1.54, 1.807) is 13.8 Å². The summed E-state index contributed by atoms with van der Waals surface area (Å²) < 4.78 is 28.5. The Morgan fingerprint density at radius 1 is 1.40 bits per heavy atom. The quantitative estimate of drug-likeness (QED) is 0.601. The highest BCUT2D eigenvalue weighted by atomic mass is 32.2. The zero-order valence-corrected chi connectivity index (χ0v) is 12.1. The molecule has 1 rings (SSSR count). The summed E-state index contributed by atoms with van der Waals surface area (Å²) in [5.74, 6) is 0.101. The van der Waals surface area contributed by atoms with Crippen LogP contribution in [-0.4, -0.2) is 36.1 Å². The van der Waals surface area contributed by atoms with E-state index in [4.69, 9.17) is 9.84 Å². The van der Waals surface area contributed by atoms with Crippen molar-refractivity contribution in [3.05, 3.63) is 33.9 Å². The van der Waals surface area contributed by atoms with Gasteiger partial charge in [-0.05, 0) is 19.9 Å². The van der Waals surface area contributed by atoms with Crippen molar-refractivity contribution in [3.63, 3.8) is 0 Å². The molecule has 0 unspecified atom stereocenters. The molecule has 0 atom stereocenters. The van der Waals surface area contributed by atoms with Crippen LogP contribution in [0.5, 0.6) is 5.75 Å². The maximum atomic E-state index is 11.6. The minimum absolute atomic E-state index is 0.0642. The number of nitro benzene ring substituents is 1. The van der Waals surface area contributed by atoms with Crippen LogP contribution >= 0.6 is 0 Å². The lowest BCUT2D eigenvalue weighted by Gasteiger charge is -2.11. The van der Waals surface area contributed by atoms with Gasteiger partial charge in [0, 0.05) is 17.7 Å². The van der Waals surface area contributed by atoms with E-state index >= 15 is 0 Å². The van der Waals surface area contributed by atoms with Gasteiger partial charge >= 0.3 is 0 Å². The van der Waals surface area contributed by atoms with Crippen LogP contribution < -0.4 is 4.74 Å². The van der Waals surface area contributed by atoms with Crippen LogP contribution in [0.15, 0.2) is 18.2 Å². The van der Waals surface area contributed by atoms with Crippen LogP contribution in [-0.2, 0) is 16.4 Å². The summed E-state index contributed by atoms with van der Waals surface area (Å²) >= 11 is 0. The number of hydrogen-bond donors (Lipinski definition) is 1. The number of hydrogen-bond acceptors (Lipinski definition) is 6. The van der Waals surface area contributed by atoms with E-state index in [0.29, 0.717) is 0 Å². The molecule has 0 aliphatic rings. The number of nitro groups is 1. The molecule has 7 nitrogen and oxygen atoms in total. The third-order valence-electron chi connectivity index (χ3n) is 2.77. The van der Waals surface area contributed by atoms with Gasteiger partial charge in [0.25, 0.3) is 5.69 Å². The molecular formula is C12H17NO6S. The third-order valence-corrected chi connectivity index (χ3v) is 4.94. The van der Waals surface area contributed by atoms with Gasteiger partial charge in [0.1, 0.15) is 12.4 Å². The summed E-state index contributed by atoms with van der Waals surface area (Å²) in [6.45, 7) is 2.68. The molecule has 0 radical (unpaired) electrons. The number of sulfone groups is 1. The normalized spacial score (nSPS) is 11.6. The van der Waals surface area contributed by atoms with Crippen LogP contribution in [0.25, 0.3) is 0 Å². The first-order chi connectivity index (χ1) is 9.27. The van der Waals surface area contributed by atoms with E-state index in [0.717, 1.165) is 0 Å². The van der Waals surface area contributed by atoms with Gasteiger partial charge in [-0.15, -0.1) is 0 Å². The molecule has 1 aromatic rings. The molecule has 8 heteroatoms. The molecule has 0 saturated heterocycles. The van der Waals surface area contributed by atoms with Gasteiger partial charge in [0.05, 0.1) is 22.5 Å². The van der Waals surface area contributed by atoms with Gasteiger partial charge in [0.2, 0.25) is 0 Å². The Labute approximate surface area is 117 Å². The Morgan fingerprint density at radius 2 is 2.05 bits per heavy atom. The largest absolute Gasteiger partial charge is 0.492 e. The summed E-state index contributed by atoms with van der Waals surface area (Å²) in [4.78, 5) is 10.0. The number of aliphatic hydroxyl groups is 1. The molecule has 20 heavy (non-hydrogen) atoms. The van der Waals surface area contributed by atoms with E-state index in [-0.39, 0.29) is 29.4 Å². The zero-order chi connectivity index (χ0) is 15.3. The highest BCUT2D eigenvalue weighted by molar-refractivity contribution is 7.91. The first-order valence-corrected chi connectivity index (χ1v) is 7.72. The van der Waals surface area contributed by atoms with Crippen LogP contribution in [0.3, 0.4) is 0 Å². The summed E-state index contributed by atoms with van der Waals surface area (Å²) in [5.41, 5.74) is 0.0948. The molecule has 0 aliphatic carbocycles. The molecule has 112 valence electrons. The predicted octanol–water partition coefficient (Wildman–Crippen LogP) is 1.29. The lowest BCUT2D eigenvalue weighted by Crippen LogP contribution is -2.22. The Kier molecular flexibility index (Phi) is 5.46. The van der Waals surface area contributed by atoms with Crippen molar-refractivity contribution in [3.8, 4) is 5.75 Å². The van der Waals surface area contributed by atoms with Crippen LogP contribution in [0, 0.1) is 10.1 Å². The fourth-order valence-electron chi connectivity index (χ4n) is 1.45. The smallest absolute Gasteiger partial charge is 0.270 e. The minimum atomic E-state index is -3.21. The fraction of sp³-hybridized carbons (Fsp3) is 0.500. The maximum absolute atomic E-state index is 11.6. The first-order valence-electron chi connectivity index (χ1n) is 6.00. The van der Waals surface area contributed by atoms with Crippen LogP contribution in [0.4, 0.5) is 5.69 Å². The van der Waals surface area contributed by atoms with E-state index < -0.39 is 26.6 Å². The molecular weight excluding hydrogens is 286 g/mol. The van der Waals surface area contributed by atoms with Gasteiger partial charge in [-0.1, -0.05) is 0 Å². The monoisotopic (exact) mass is 303 g/mol. The SMILES string of the molecule is CC(C)S(=O)(=O)CCOc1ccc([N+](=O)[O-])cc1CO. The van der Waals surface area contributed by atoms with Crippen LogP contribution in [0.1, 0.15) is 19.4 Å². The van der Waals surface area contributed by atoms with Gasteiger partial charge in [-0.25, -0.2) is 8.42 Å². The average Bonchev–Trinajstić information content (AvgIpc) is 2.38. The van der Waals surface area contributed by atoms with Crippen molar-refractivity contribution in [2.45, 2.75) is 25.7 Å². The molecule has 1 aromatic carbocycles. The van der Waals surface area contributed by atoms with Gasteiger partial charge in [-0.2, -0.15) is 0 Å². The number of ether oxygens (including phenoxy) is 1. The first kappa shape index (κ1) is 16.4. The highest BCUT2D eigenvalue weighted by Gasteiger charge is 2.17. The standard InChI is InChI=1S/C12H17NO6S/c1-9(2)20(17,18)6-5-19-12-4-3-11(13(15)16)7-10(12)8-14/h3-4,7,9,14H,5-6,8H2,1-2H3. The molecule has 0 fully saturated rings. The number of benzene rings is 1. The van der Waals surface area contributed by atoms with E-state index in [1.807, 2.05) is 0 Å². The van der Waals surface area contributed by atoms with E-state index in [2.05, 4.69) is 0 Å². The summed E-state index contributed by atoms with van der Waals surface area (Å²) in [6, 6.07) is 3.80. The van der Waals surface area contributed by atoms with Crippen molar-refractivity contribution in [2.75, 3.05) is 12.4 Å². The number of non-ortho nitro benzene ring substituents is 1.